The molecule has 2 rings (SSSR count). The molecule has 0 fully saturated rings. The standard InChI is InChI=1S/C11H13BrN4/c1-8-5-9(3-4-10(8)12)13-6-11-15-14-7-16(11)2/h3-5,7,13H,6H2,1-2H3. The zero-order chi connectivity index (χ0) is 11.5. The molecule has 0 bridgehead atoms. The van der Waals surface area contributed by atoms with Crippen molar-refractivity contribution in [1.29, 1.82) is 0 Å². The van der Waals surface area contributed by atoms with E-state index in [1.165, 1.54) is 5.56 Å². The smallest absolute Gasteiger partial charge is 0.151 e. The zero-order valence-corrected chi connectivity index (χ0v) is 10.8. The van der Waals surface area contributed by atoms with Crippen LogP contribution in [0, 0.1) is 6.92 Å². The van der Waals surface area contributed by atoms with Crippen molar-refractivity contribution in [2.75, 3.05) is 5.32 Å². The second-order valence-corrected chi connectivity index (χ2v) is 4.53. The van der Waals surface area contributed by atoms with E-state index in [0.717, 1.165) is 16.0 Å². The molecule has 0 aliphatic rings. The molecule has 4 nitrogen and oxygen atoms in total. The summed E-state index contributed by atoms with van der Waals surface area (Å²) >= 11 is 3.48. The van der Waals surface area contributed by atoms with Crippen LogP contribution in [0.4, 0.5) is 5.69 Å². The predicted molar refractivity (Wildman–Crippen MR) is 67.2 cm³/mol. The molecule has 0 radical (unpaired) electrons. The van der Waals surface area contributed by atoms with Gasteiger partial charge in [-0.15, -0.1) is 10.2 Å². The molecule has 0 spiro atoms. The van der Waals surface area contributed by atoms with Gasteiger partial charge in [0.25, 0.3) is 0 Å². The number of benzene rings is 1. The number of hydrogen-bond donors (Lipinski definition) is 1. The predicted octanol–water partition coefficient (Wildman–Crippen LogP) is 2.50. The number of nitrogens with zero attached hydrogens (tertiary/aromatic N) is 3. The lowest BCUT2D eigenvalue weighted by Crippen LogP contribution is -2.05. The Bertz CT molecular complexity index is 492. The summed E-state index contributed by atoms with van der Waals surface area (Å²) in [7, 11) is 1.93. The molecule has 0 atom stereocenters. The van der Waals surface area contributed by atoms with Crippen LogP contribution in [0.25, 0.3) is 0 Å². The maximum absolute atomic E-state index is 4.01. The van der Waals surface area contributed by atoms with Gasteiger partial charge in [-0.3, -0.25) is 0 Å². The Morgan fingerprint density at radius 1 is 1.44 bits per heavy atom. The molecular formula is C11H13BrN4. The number of anilines is 1. The van der Waals surface area contributed by atoms with E-state index in [1.807, 2.05) is 23.7 Å². The average Bonchev–Trinajstić information content (AvgIpc) is 2.66. The number of rotatable bonds is 3. The first-order valence-corrected chi connectivity index (χ1v) is 5.79. The highest BCUT2D eigenvalue weighted by Crippen LogP contribution is 2.20. The van der Waals surface area contributed by atoms with Crippen molar-refractivity contribution in [3.05, 3.63) is 40.4 Å². The van der Waals surface area contributed by atoms with Crippen molar-refractivity contribution in [2.45, 2.75) is 13.5 Å². The monoisotopic (exact) mass is 280 g/mol. The van der Waals surface area contributed by atoms with Gasteiger partial charge in [-0.1, -0.05) is 15.9 Å². The van der Waals surface area contributed by atoms with Gasteiger partial charge in [0, 0.05) is 17.2 Å². The van der Waals surface area contributed by atoms with E-state index in [2.05, 4.69) is 44.4 Å². The third kappa shape index (κ3) is 2.41. The summed E-state index contributed by atoms with van der Waals surface area (Å²) in [6.07, 6.45) is 1.70. The number of halogens is 1. The Morgan fingerprint density at radius 2 is 2.25 bits per heavy atom. The fourth-order valence-electron chi connectivity index (χ4n) is 1.40. The molecule has 0 aliphatic heterocycles. The Hall–Kier alpha value is -1.36. The van der Waals surface area contributed by atoms with Gasteiger partial charge < -0.3 is 9.88 Å². The molecule has 16 heavy (non-hydrogen) atoms. The summed E-state index contributed by atoms with van der Waals surface area (Å²) in [5.41, 5.74) is 2.30. The first kappa shape index (κ1) is 11.1. The maximum atomic E-state index is 4.01. The largest absolute Gasteiger partial charge is 0.378 e. The van der Waals surface area contributed by atoms with E-state index in [1.54, 1.807) is 6.33 Å². The van der Waals surface area contributed by atoms with Crippen LogP contribution in [-0.2, 0) is 13.6 Å². The zero-order valence-electron chi connectivity index (χ0n) is 9.24. The molecule has 0 unspecified atom stereocenters. The topological polar surface area (TPSA) is 42.7 Å². The van der Waals surface area contributed by atoms with Gasteiger partial charge >= 0.3 is 0 Å². The number of aromatic nitrogens is 3. The van der Waals surface area contributed by atoms with Crippen molar-refractivity contribution in [2.24, 2.45) is 7.05 Å². The molecule has 1 heterocycles. The van der Waals surface area contributed by atoms with E-state index in [9.17, 15) is 0 Å². The van der Waals surface area contributed by atoms with Crippen molar-refractivity contribution in [1.82, 2.24) is 14.8 Å². The molecule has 1 aromatic carbocycles. The minimum absolute atomic E-state index is 0.678. The number of hydrogen-bond acceptors (Lipinski definition) is 3. The van der Waals surface area contributed by atoms with Gasteiger partial charge in [-0.2, -0.15) is 0 Å². The van der Waals surface area contributed by atoms with Crippen molar-refractivity contribution < 1.29 is 0 Å². The number of nitrogens with one attached hydrogen (secondary N) is 1. The van der Waals surface area contributed by atoms with Crippen molar-refractivity contribution in [3.63, 3.8) is 0 Å². The van der Waals surface area contributed by atoms with Gasteiger partial charge in [0.2, 0.25) is 0 Å². The summed E-state index contributed by atoms with van der Waals surface area (Å²) in [4.78, 5) is 0. The molecule has 1 aromatic heterocycles. The van der Waals surface area contributed by atoms with Crippen LogP contribution < -0.4 is 5.32 Å². The van der Waals surface area contributed by atoms with Crippen LogP contribution >= 0.6 is 15.9 Å². The summed E-state index contributed by atoms with van der Waals surface area (Å²) in [6, 6.07) is 6.17. The third-order valence-electron chi connectivity index (χ3n) is 2.41. The van der Waals surface area contributed by atoms with Gasteiger partial charge in [-0.05, 0) is 30.7 Å². The Kier molecular flexibility index (Phi) is 3.24. The van der Waals surface area contributed by atoms with Gasteiger partial charge in [-0.25, -0.2) is 0 Å². The van der Waals surface area contributed by atoms with E-state index in [-0.39, 0.29) is 0 Å². The summed E-state index contributed by atoms with van der Waals surface area (Å²) < 4.78 is 3.02. The average molecular weight is 281 g/mol. The van der Waals surface area contributed by atoms with Gasteiger partial charge in [0.05, 0.1) is 6.54 Å². The Balaban J connectivity index is 2.05. The normalized spacial score (nSPS) is 10.4. The highest BCUT2D eigenvalue weighted by Gasteiger charge is 2.01. The molecular weight excluding hydrogens is 268 g/mol. The highest BCUT2D eigenvalue weighted by molar-refractivity contribution is 9.10. The summed E-state index contributed by atoms with van der Waals surface area (Å²) in [5.74, 6) is 0.917. The minimum atomic E-state index is 0.678. The maximum Gasteiger partial charge on any atom is 0.151 e. The van der Waals surface area contributed by atoms with Crippen LogP contribution in [0.5, 0.6) is 0 Å². The molecule has 0 saturated heterocycles. The SMILES string of the molecule is Cc1cc(NCc2nncn2C)ccc1Br. The molecule has 0 amide bonds. The first-order valence-electron chi connectivity index (χ1n) is 4.99. The van der Waals surface area contributed by atoms with E-state index in [4.69, 9.17) is 0 Å². The van der Waals surface area contributed by atoms with E-state index >= 15 is 0 Å². The third-order valence-corrected chi connectivity index (χ3v) is 3.30. The van der Waals surface area contributed by atoms with Crippen LogP contribution in [0.2, 0.25) is 0 Å². The van der Waals surface area contributed by atoms with Crippen LogP contribution in [-0.4, -0.2) is 14.8 Å². The van der Waals surface area contributed by atoms with Crippen LogP contribution in [0.15, 0.2) is 29.0 Å². The molecule has 1 N–H and O–H groups in total. The van der Waals surface area contributed by atoms with Gasteiger partial charge in [0.15, 0.2) is 5.82 Å². The minimum Gasteiger partial charge on any atom is -0.378 e. The molecule has 2 aromatic rings. The quantitative estimate of drug-likeness (QED) is 0.940. The lowest BCUT2D eigenvalue weighted by molar-refractivity contribution is 0.812. The highest BCUT2D eigenvalue weighted by atomic mass is 79.9. The fraction of sp³-hybridized carbons (Fsp3) is 0.273. The molecule has 0 saturated carbocycles. The molecule has 5 heteroatoms. The van der Waals surface area contributed by atoms with E-state index < -0.39 is 0 Å². The number of aryl methyl sites for hydroxylation is 2. The lowest BCUT2D eigenvalue weighted by Gasteiger charge is -2.07. The fourth-order valence-corrected chi connectivity index (χ4v) is 1.65. The summed E-state index contributed by atoms with van der Waals surface area (Å²) in [5, 5.41) is 11.2. The lowest BCUT2D eigenvalue weighted by atomic mass is 10.2. The summed E-state index contributed by atoms with van der Waals surface area (Å²) in [6.45, 7) is 2.75. The van der Waals surface area contributed by atoms with Crippen LogP contribution in [0.3, 0.4) is 0 Å². The van der Waals surface area contributed by atoms with Gasteiger partial charge in [0.1, 0.15) is 6.33 Å². The Labute approximate surface area is 103 Å². The Morgan fingerprint density at radius 3 is 2.88 bits per heavy atom. The first-order chi connectivity index (χ1) is 7.66. The molecule has 84 valence electrons. The van der Waals surface area contributed by atoms with Crippen molar-refractivity contribution in [3.8, 4) is 0 Å². The second kappa shape index (κ2) is 4.65. The second-order valence-electron chi connectivity index (χ2n) is 3.68. The van der Waals surface area contributed by atoms with Crippen LogP contribution in [0.1, 0.15) is 11.4 Å². The van der Waals surface area contributed by atoms with Crippen molar-refractivity contribution >= 4 is 21.6 Å². The molecule has 0 aliphatic carbocycles. The van der Waals surface area contributed by atoms with E-state index in [0.29, 0.717) is 6.54 Å².